The number of nitrogens with zero attached hydrogens (tertiary/aromatic N) is 1. The van der Waals surface area contributed by atoms with Gasteiger partial charge in [0, 0.05) is 73.5 Å². The molecule has 0 saturated carbocycles. The molecule has 0 unspecified atom stereocenters. The van der Waals surface area contributed by atoms with Gasteiger partial charge in [-0.3, -0.25) is 38.4 Å². The highest BCUT2D eigenvalue weighted by molar-refractivity contribution is 6.32. The molecule has 0 saturated heterocycles. The number of carboxylic acid groups (broad SMARTS) is 4. The molecule has 135 heavy (non-hydrogen) atoms. The number of nitrogens with one attached hydrogen (secondary N) is 4. The monoisotopic (exact) mass is 1940 g/mol. The van der Waals surface area contributed by atoms with E-state index >= 15 is 0 Å². The number of hydrogen-bond acceptors (Lipinski definition) is 14. The molecule has 4 amide bonds. The van der Waals surface area contributed by atoms with Crippen LogP contribution in [-0.4, -0.2) is 98.2 Å². The second kappa shape index (κ2) is 47.4. The van der Waals surface area contributed by atoms with E-state index in [4.69, 9.17) is 83.3 Å². The molecule has 0 bridgehead atoms. The molecule has 0 atom stereocenters. The second-order valence-electron chi connectivity index (χ2n) is 27.9. The largest absolute Gasteiger partial charge is 0.495 e. The zero-order valence-corrected chi connectivity index (χ0v) is 72.9. The van der Waals surface area contributed by atoms with Crippen LogP contribution in [0.1, 0.15) is 190 Å². The van der Waals surface area contributed by atoms with Gasteiger partial charge in [-0.2, -0.15) is 44.8 Å². The van der Waals surface area contributed by atoms with E-state index in [1.54, 1.807) is 72.8 Å². The van der Waals surface area contributed by atoms with Crippen LogP contribution in [0.5, 0.6) is 5.75 Å². The normalized spacial score (nSPS) is 10.7. The number of carboxylic acids is 4. The van der Waals surface area contributed by atoms with Crippen LogP contribution in [0.15, 0.2) is 255 Å². The average Bonchev–Trinajstić information content (AvgIpc) is 0.786. The maximum atomic E-state index is 13.7. The Morgan fingerprint density at radius 3 is 1.03 bits per heavy atom. The molecule has 12 aromatic rings. The van der Waals surface area contributed by atoms with E-state index in [2.05, 4.69) is 27.2 Å². The lowest BCUT2D eigenvalue weighted by Crippen LogP contribution is -2.18. The van der Waals surface area contributed by atoms with Crippen molar-refractivity contribution in [3.63, 3.8) is 0 Å². The number of hydrogen-bond donors (Lipinski definition) is 8. The third-order valence-electron chi connectivity index (χ3n) is 18.3. The number of ketones is 4. The molecule has 0 aliphatic rings. The lowest BCUT2D eigenvalue weighted by atomic mass is 9.97. The third kappa shape index (κ3) is 30.7. The quantitative estimate of drug-likeness (QED) is 0.0177. The predicted molar refractivity (Wildman–Crippen MR) is 477 cm³/mol. The summed E-state index contributed by atoms with van der Waals surface area (Å²) >= 11 is 22.7. The van der Waals surface area contributed by atoms with Gasteiger partial charge in [-0.05, 0) is 183 Å². The molecule has 0 aliphatic heterocycles. The van der Waals surface area contributed by atoms with Crippen molar-refractivity contribution in [2.75, 3.05) is 28.4 Å². The van der Waals surface area contributed by atoms with E-state index < -0.39 is 117 Å². The second-order valence-corrected chi connectivity index (χ2v) is 29.7. The summed E-state index contributed by atoms with van der Waals surface area (Å²) in [5.74, 6) is -10.8. The van der Waals surface area contributed by atoms with E-state index in [-0.39, 0.29) is 123 Å². The van der Waals surface area contributed by atoms with Crippen LogP contribution in [0.3, 0.4) is 0 Å². The van der Waals surface area contributed by atoms with Gasteiger partial charge in [0.05, 0.1) is 96.4 Å². The number of terminal acetylenes is 1. The first-order valence-electron chi connectivity index (χ1n) is 38.3. The molecule has 0 radical (unpaired) electrons. The summed E-state index contributed by atoms with van der Waals surface area (Å²) in [7, 11) is 1.50. The number of alkyl halides is 11. The molecule has 0 heterocycles. The first kappa shape index (κ1) is 106. The van der Waals surface area contributed by atoms with E-state index in [0.717, 1.165) is 54.6 Å². The Morgan fingerprint density at radius 2 is 0.689 bits per heavy atom. The van der Waals surface area contributed by atoms with E-state index in [9.17, 15) is 110 Å². The van der Waals surface area contributed by atoms with Gasteiger partial charge in [0.15, 0.2) is 23.1 Å². The number of ether oxygens (including phenoxy) is 1. The van der Waals surface area contributed by atoms with E-state index in [1.165, 1.54) is 148 Å². The molecule has 0 aliphatic carbocycles. The Morgan fingerprint density at radius 1 is 0.363 bits per heavy atom. The Balaban J connectivity index is 0.000000221. The number of rotatable bonds is 22. The first-order chi connectivity index (χ1) is 63.3. The Kier molecular flexibility index (Phi) is 37.3. The van der Waals surface area contributed by atoms with Crippen LogP contribution in [0.25, 0.3) is 0 Å². The SMILES string of the molecule is C#Cc1cc(NC(=O)c2ccccc2C(=O)O)ccc1OC.CC(=O)c1ccccc1C(=O)Nc1ccc(Cl)cc1C#N.CC(=O)c1ccccc1C(=O)Nc1ccc(Cl)cc1C(F)(F)F.CC(F)(F)c1ccc(NC(=O)c2ccccc2C(=O)O)cc1F.O=C(O)c1ccccc1C(=O)Cc1cc(Cl)cc(C(F)(F)F)c1.O=C(O)c1ccccc1C(=O)Cc1cc(Cl)cc(C(F)(F)F)c1. The zero-order chi connectivity index (χ0) is 100. The summed E-state index contributed by atoms with van der Waals surface area (Å²) in [6, 6.07) is 57.8. The molecule has 12 rings (SSSR count). The number of nitriles is 1. The zero-order valence-electron chi connectivity index (χ0n) is 69.8. The van der Waals surface area contributed by atoms with Crippen molar-refractivity contribution >= 4 is 140 Å². The lowest BCUT2D eigenvalue weighted by Gasteiger charge is -2.15. The fourth-order valence-corrected chi connectivity index (χ4v) is 13.0. The molecule has 0 aromatic heterocycles. The van der Waals surface area contributed by atoms with Crippen molar-refractivity contribution in [1.29, 1.82) is 5.26 Å². The number of methoxy groups -OCH3 is 1. The summed E-state index contributed by atoms with van der Waals surface area (Å²) in [4.78, 5) is 141. The number of benzene rings is 12. The minimum absolute atomic E-state index is 0.00285. The Labute approximate surface area is 778 Å². The van der Waals surface area contributed by atoms with Crippen LogP contribution in [0.4, 0.5) is 75.4 Å². The van der Waals surface area contributed by atoms with Gasteiger partial charge in [-0.25, -0.2) is 32.3 Å². The highest BCUT2D eigenvalue weighted by atomic mass is 35.5. The van der Waals surface area contributed by atoms with Crippen LogP contribution >= 0.6 is 46.4 Å². The number of Topliss-reactive ketones (excluding diaryl/α,β-unsaturated/α-hetero) is 4. The van der Waals surface area contributed by atoms with Crippen molar-refractivity contribution in [2.45, 2.75) is 58.1 Å². The van der Waals surface area contributed by atoms with Crippen LogP contribution in [-0.2, 0) is 37.3 Å². The smallest absolute Gasteiger partial charge is 0.418 e. The summed E-state index contributed by atoms with van der Waals surface area (Å²) < 4.78 is 161. The molecular formula is C97H67Cl4F12N5O17. The maximum Gasteiger partial charge on any atom is 0.418 e. The van der Waals surface area contributed by atoms with Crippen LogP contribution < -0.4 is 26.0 Å². The molecule has 12 aromatic carbocycles. The van der Waals surface area contributed by atoms with Crippen LogP contribution in [0.2, 0.25) is 20.1 Å². The minimum Gasteiger partial charge on any atom is -0.495 e. The molecule has 0 spiro atoms. The first-order valence-corrected chi connectivity index (χ1v) is 39.8. The van der Waals surface area contributed by atoms with Crippen molar-refractivity contribution in [1.82, 2.24) is 0 Å². The summed E-state index contributed by atoms with van der Waals surface area (Å²) in [6.07, 6.45) is -9.22. The van der Waals surface area contributed by atoms with Gasteiger partial charge in [0.25, 0.3) is 29.6 Å². The number of halogens is 16. The molecule has 38 heteroatoms. The van der Waals surface area contributed by atoms with Gasteiger partial charge in [-0.15, -0.1) is 6.42 Å². The van der Waals surface area contributed by atoms with Gasteiger partial charge in [0.1, 0.15) is 17.6 Å². The lowest BCUT2D eigenvalue weighted by molar-refractivity contribution is -0.138. The van der Waals surface area contributed by atoms with Gasteiger partial charge in [0.2, 0.25) is 0 Å². The fourth-order valence-electron chi connectivity index (χ4n) is 12.1. The number of carbonyl (C=O) groups is 12. The molecular weight excluding hydrogens is 1880 g/mol. The van der Waals surface area contributed by atoms with Crippen molar-refractivity contribution in [3.8, 4) is 24.2 Å². The number of aromatic carboxylic acids is 4. The fraction of sp³-hybridized carbons (Fsp3) is 0.103. The van der Waals surface area contributed by atoms with E-state index in [0.29, 0.717) is 40.2 Å². The number of carbonyl (C=O) groups excluding carboxylic acids is 8. The molecule has 22 nitrogen and oxygen atoms in total. The highest BCUT2D eigenvalue weighted by Gasteiger charge is 2.37. The topological polar surface area (TPSA) is 367 Å². The molecule has 0 fully saturated rings. The van der Waals surface area contributed by atoms with Gasteiger partial charge in [-0.1, -0.05) is 149 Å². The molecule has 8 N–H and O–H groups in total. The summed E-state index contributed by atoms with van der Waals surface area (Å²) in [6.45, 7) is 3.23. The minimum atomic E-state index is -4.67. The Bertz CT molecular complexity index is 6540. The predicted octanol–water partition coefficient (Wildman–Crippen LogP) is 24.0. The average molecular weight is 1940 g/mol. The van der Waals surface area contributed by atoms with Crippen molar-refractivity contribution in [3.05, 3.63) is 392 Å². The maximum absolute atomic E-state index is 13.7. The number of anilines is 4. The van der Waals surface area contributed by atoms with Gasteiger partial charge < -0.3 is 46.4 Å². The summed E-state index contributed by atoms with van der Waals surface area (Å²) in [5.41, 5.74) is -2.66. The summed E-state index contributed by atoms with van der Waals surface area (Å²) in [5, 5.41) is 55.0. The van der Waals surface area contributed by atoms with Crippen molar-refractivity contribution in [2.24, 2.45) is 0 Å². The van der Waals surface area contributed by atoms with Gasteiger partial charge >= 0.3 is 42.4 Å². The molecule has 694 valence electrons. The highest BCUT2D eigenvalue weighted by Crippen LogP contribution is 2.39. The van der Waals surface area contributed by atoms with E-state index in [1.807, 2.05) is 6.07 Å². The third-order valence-corrected chi connectivity index (χ3v) is 19.2. The standard InChI is InChI=1S/C17H13NO4.C16H11ClF3NO2.2C16H10ClF3O3.C16H11ClN2O2.C16H12F3NO3/c1-3-11-10-12(8-9-15(11)22-2)18-16(19)13-6-4-5-7-14(13)17(20)21;1-9(22)11-4-2-3-5-12(11)15(23)21-14-7-6-10(17)8-13(14)16(18,19)20;2*17-11-6-9(5-10(8-11)16(18,19)20)7-14(21)12-3-1-2-4-13(12)15(22)23;1-10(20)13-4-2-3-5-14(13)16(21)19-15-7-6-12(17)8-11(15)9-18;1-16(18,19)12-7-6-9(8-13(12)17)20-14(21)10-4-2-3-5-11(10)15(22)23/h1,4-10H,2H3,(H,18,19)(H,20,21);2-8H,1H3,(H,21,23);2*1-6,8H,7H2,(H,22,23);2-8H,1H3,(H,19,21);2-8H,1H3,(H,20,21)(H,22,23). The van der Waals surface area contributed by atoms with Crippen LogP contribution in [0, 0.1) is 29.5 Å². The van der Waals surface area contributed by atoms with Crippen molar-refractivity contribution < 1.29 is 135 Å². The number of amides is 4. The Hall–Kier alpha value is -15.8.